The van der Waals surface area contributed by atoms with Crippen molar-refractivity contribution in [2.24, 2.45) is 17.4 Å². The molecule has 3 nitrogen and oxygen atoms in total. The third kappa shape index (κ3) is 4.47. The molecule has 0 radical (unpaired) electrons. The quantitative estimate of drug-likeness (QED) is 0.807. The Morgan fingerprint density at radius 3 is 2.14 bits per heavy atom. The van der Waals surface area contributed by atoms with Crippen molar-refractivity contribution in [3.63, 3.8) is 0 Å². The van der Waals surface area contributed by atoms with Crippen LogP contribution in [0.5, 0.6) is 5.75 Å². The third-order valence-electron chi connectivity index (χ3n) is 4.49. The molecule has 1 unspecified atom stereocenters. The van der Waals surface area contributed by atoms with Crippen LogP contribution < -0.4 is 16.2 Å². The molecule has 1 aromatic carbocycles. The molecular formula is C19H34N2O. The number of hydrogen-bond donors (Lipinski definition) is 2. The van der Waals surface area contributed by atoms with Crippen LogP contribution in [-0.2, 0) is 5.41 Å². The van der Waals surface area contributed by atoms with E-state index in [-0.39, 0.29) is 5.41 Å². The second kappa shape index (κ2) is 7.98. The molecule has 0 bridgehead atoms. The van der Waals surface area contributed by atoms with E-state index in [9.17, 15) is 0 Å². The number of nitrogens with two attached hydrogens (primary N) is 2. The largest absolute Gasteiger partial charge is 0.496 e. The molecule has 0 heterocycles. The SMILES string of the molecule is CCC(CC(CN)CN)c1cc(C)cc(C(C)(C)C)c1OC. The van der Waals surface area contributed by atoms with Gasteiger partial charge in [0.05, 0.1) is 7.11 Å². The normalized spacial score (nSPS) is 13.5. The topological polar surface area (TPSA) is 61.3 Å². The van der Waals surface area contributed by atoms with Crippen LogP contribution in [0.15, 0.2) is 12.1 Å². The van der Waals surface area contributed by atoms with Crippen molar-refractivity contribution in [3.05, 3.63) is 28.8 Å². The summed E-state index contributed by atoms with van der Waals surface area (Å²) in [6.45, 7) is 12.4. The van der Waals surface area contributed by atoms with Crippen LogP contribution in [0.4, 0.5) is 0 Å². The van der Waals surface area contributed by atoms with Crippen LogP contribution in [0, 0.1) is 12.8 Å². The molecule has 22 heavy (non-hydrogen) atoms. The van der Waals surface area contributed by atoms with Gasteiger partial charge in [-0.15, -0.1) is 0 Å². The number of aryl methyl sites for hydroxylation is 1. The fourth-order valence-electron chi connectivity index (χ4n) is 3.09. The molecule has 0 aliphatic heterocycles. The molecule has 0 saturated heterocycles. The minimum absolute atomic E-state index is 0.0611. The minimum Gasteiger partial charge on any atom is -0.496 e. The van der Waals surface area contributed by atoms with E-state index >= 15 is 0 Å². The second-order valence-corrected chi connectivity index (χ2v) is 7.36. The molecule has 0 amide bonds. The molecule has 1 aromatic rings. The monoisotopic (exact) mass is 306 g/mol. The van der Waals surface area contributed by atoms with Crippen LogP contribution in [0.2, 0.25) is 0 Å². The lowest BCUT2D eigenvalue weighted by Crippen LogP contribution is -2.25. The molecule has 4 N–H and O–H groups in total. The number of hydrogen-bond acceptors (Lipinski definition) is 3. The van der Waals surface area contributed by atoms with Crippen molar-refractivity contribution in [1.82, 2.24) is 0 Å². The number of methoxy groups -OCH3 is 1. The highest BCUT2D eigenvalue weighted by Crippen LogP contribution is 2.41. The Bertz CT molecular complexity index is 473. The average Bonchev–Trinajstić information content (AvgIpc) is 2.47. The highest BCUT2D eigenvalue weighted by atomic mass is 16.5. The van der Waals surface area contributed by atoms with E-state index in [2.05, 4.69) is 46.8 Å². The molecule has 0 saturated carbocycles. The Morgan fingerprint density at radius 1 is 1.14 bits per heavy atom. The minimum atomic E-state index is 0.0611. The van der Waals surface area contributed by atoms with Crippen molar-refractivity contribution in [3.8, 4) is 5.75 Å². The summed E-state index contributed by atoms with van der Waals surface area (Å²) in [6, 6.07) is 4.52. The Hall–Kier alpha value is -1.06. The molecule has 1 atom stereocenters. The molecule has 0 aliphatic rings. The van der Waals surface area contributed by atoms with Crippen molar-refractivity contribution < 1.29 is 4.74 Å². The van der Waals surface area contributed by atoms with Gasteiger partial charge in [0.2, 0.25) is 0 Å². The fourth-order valence-corrected chi connectivity index (χ4v) is 3.09. The van der Waals surface area contributed by atoms with Crippen molar-refractivity contribution >= 4 is 0 Å². The van der Waals surface area contributed by atoms with E-state index in [1.165, 1.54) is 16.7 Å². The van der Waals surface area contributed by atoms with Gasteiger partial charge in [0.25, 0.3) is 0 Å². The van der Waals surface area contributed by atoms with E-state index in [4.69, 9.17) is 16.2 Å². The van der Waals surface area contributed by atoms with Crippen molar-refractivity contribution in [2.75, 3.05) is 20.2 Å². The van der Waals surface area contributed by atoms with Gasteiger partial charge in [-0.05, 0) is 55.7 Å². The van der Waals surface area contributed by atoms with Gasteiger partial charge in [-0.25, -0.2) is 0 Å². The molecule has 0 spiro atoms. The van der Waals surface area contributed by atoms with Gasteiger partial charge >= 0.3 is 0 Å². The summed E-state index contributed by atoms with van der Waals surface area (Å²) in [4.78, 5) is 0. The van der Waals surface area contributed by atoms with Crippen LogP contribution >= 0.6 is 0 Å². The zero-order valence-corrected chi connectivity index (χ0v) is 15.2. The van der Waals surface area contributed by atoms with Crippen LogP contribution in [0.25, 0.3) is 0 Å². The lowest BCUT2D eigenvalue weighted by atomic mass is 9.79. The van der Waals surface area contributed by atoms with Gasteiger partial charge in [-0.3, -0.25) is 0 Å². The predicted molar refractivity (Wildman–Crippen MR) is 95.7 cm³/mol. The summed E-state index contributed by atoms with van der Waals surface area (Å²) in [5.41, 5.74) is 15.6. The maximum Gasteiger partial charge on any atom is 0.126 e. The smallest absolute Gasteiger partial charge is 0.126 e. The maximum atomic E-state index is 5.85. The van der Waals surface area contributed by atoms with Gasteiger partial charge in [-0.1, -0.05) is 45.4 Å². The second-order valence-electron chi connectivity index (χ2n) is 7.36. The molecule has 3 heteroatoms. The summed E-state index contributed by atoms with van der Waals surface area (Å²) < 4.78 is 5.83. The van der Waals surface area contributed by atoms with E-state index in [0.717, 1.165) is 18.6 Å². The zero-order valence-electron chi connectivity index (χ0n) is 15.2. The molecule has 126 valence electrons. The first-order chi connectivity index (χ1) is 10.3. The van der Waals surface area contributed by atoms with Crippen LogP contribution in [0.3, 0.4) is 0 Å². The molecule has 0 aromatic heterocycles. The third-order valence-corrected chi connectivity index (χ3v) is 4.49. The van der Waals surface area contributed by atoms with Crippen molar-refractivity contribution in [1.29, 1.82) is 0 Å². The summed E-state index contributed by atoms with van der Waals surface area (Å²) in [7, 11) is 1.78. The predicted octanol–water partition coefficient (Wildman–Crippen LogP) is 3.72. The summed E-state index contributed by atoms with van der Waals surface area (Å²) in [6.07, 6.45) is 2.09. The Morgan fingerprint density at radius 2 is 1.73 bits per heavy atom. The number of benzene rings is 1. The first-order valence-corrected chi connectivity index (χ1v) is 8.37. The lowest BCUT2D eigenvalue weighted by Gasteiger charge is -2.29. The molecule has 1 rings (SSSR count). The van der Waals surface area contributed by atoms with E-state index < -0.39 is 0 Å². The highest BCUT2D eigenvalue weighted by molar-refractivity contribution is 5.49. The zero-order chi connectivity index (χ0) is 16.9. The number of rotatable bonds is 7. The van der Waals surface area contributed by atoms with E-state index in [0.29, 0.717) is 24.9 Å². The van der Waals surface area contributed by atoms with Crippen LogP contribution in [0.1, 0.15) is 63.1 Å². The maximum absolute atomic E-state index is 5.85. The molecular weight excluding hydrogens is 272 g/mol. The highest BCUT2D eigenvalue weighted by Gasteiger charge is 2.25. The Balaban J connectivity index is 3.34. The first-order valence-electron chi connectivity index (χ1n) is 8.37. The van der Waals surface area contributed by atoms with E-state index in [1.807, 2.05) is 0 Å². The van der Waals surface area contributed by atoms with Gasteiger partial charge in [-0.2, -0.15) is 0 Å². The summed E-state index contributed by atoms with van der Waals surface area (Å²) >= 11 is 0. The van der Waals surface area contributed by atoms with Gasteiger partial charge in [0, 0.05) is 5.56 Å². The van der Waals surface area contributed by atoms with E-state index in [1.54, 1.807) is 7.11 Å². The summed E-state index contributed by atoms with van der Waals surface area (Å²) in [5, 5.41) is 0. The first kappa shape index (κ1) is 19.0. The number of ether oxygens (including phenoxy) is 1. The molecule has 0 fully saturated rings. The lowest BCUT2D eigenvalue weighted by molar-refractivity contribution is 0.376. The standard InChI is InChI=1S/C19H34N2O/c1-7-15(10-14(11-20)12-21)16-8-13(2)9-17(18(16)22-6)19(3,4)5/h8-9,14-15H,7,10-12,20-21H2,1-6H3. The average molecular weight is 306 g/mol. The summed E-state index contributed by atoms with van der Waals surface area (Å²) in [5.74, 6) is 1.85. The van der Waals surface area contributed by atoms with Gasteiger partial charge < -0.3 is 16.2 Å². The van der Waals surface area contributed by atoms with Gasteiger partial charge in [0.15, 0.2) is 0 Å². The Labute approximate surface area is 136 Å². The van der Waals surface area contributed by atoms with Gasteiger partial charge in [0.1, 0.15) is 5.75 Å². The van der Waals surface area contributed by atoms with Crippen molar-refractivity contribution in [2.45, 2.75) is 58.8 Å². The fraction of sp³-hybridized carbons (Fsp3) is 0.684. The molecule has 0 aliphatic carbocycles. The Kier molecular flexibility index (Phi) is 6.89. The van der Waals surface area contributed by atoms with Crippen LogP contribution in [-0.4, -0.2) is 20.2 Å².